The van der Waals surface area contributed by atoms with Gasteiger partial charge in [-0.3, -0.25) is 14.4 Å². The molecular weight excluding hydrogens is 556 g/mol. The summed E-state index contributed by atoms with van der Waals surface area (Å²) >= 11 is 0. The lowest BCUT2D eigenvalue weighted by atomic mass is 9.78. The molecule has 3 aromatic rings. The molecule has 0 bridgehead atoms. The van der Waals surface area contributed by atoms with Crippen LogP contribution in [-0.2, 0) is 43.7 Å². The first-order chi connectivity index (χ1) is 20.6. The minimum Gasteiger partial charge on any atom is -0.496 e. The van der Waals surface area contributed by atoms with Gasteiger partial charge in [-0.15, -0.1) is 0 Å². The summed E-state index contributed by atoms with van der Waals surface area (Å²) in [6.45, 7) is 4.41. The van der Waals surface area contributed by atoms with Gasteiger partial charge in [0.2, 0.25) is 5.79 Å². The monoisotopic (exact) mass is 592 g/mol. The number of carbonyl (C=O) groups excluding carboxylic acids is 3. The zero-order chi connectivity index (χ0) is 31.2. The molecule has 0 radical (unpaired) electrons. The molecule has 0 saturated carbocycles. The topological polar surface area (TPSA) is 127 Å². The number of hydrogen-bond acceptors (Lipinski definition) is 10. The third-order valence-corrected chi connectivity index (χ3v) is 7.17. The molecule has 5 atom stereocenters. The van der Waals surface area contributed by atoms with Gasteiger partial charge in [-0.25, -0.2) is 0 Å². The van der Waals surface area contributed by atoms with E-state index in [4.69, 9.17) is 28.4 Å². The van der Waals surface area contributed by atoms with Crippen LogP contribution in [0.4, 0.5) is 0 Å². The van der Waals surface area contributed by atoms with Crippen LogP contribution >= 0.6 is 0 Å². The molecule has 0 unspecified atom stereocenters. The zero-order valence-corrected chi connectivity index (χ0v) is 24.7. The van der Waals surface area contributed by atoms with E-state index in [9.17, 15) is 19.5 Å². The summed E-state index contributed by atoms with van der Waals surface area (Å²) < 4.78 is 36.2. The molecule has 4 rings (SSSR count). The van der Waals surface area contributed by atoms with E-state index in [0.717, 1.165) is 0 Å². The molecule has 1 aliphatic rings. The van der Waals surface area contributed by atoms with Crippen molar-refractivity contribution in [3.05, 3.63) is 102 Å². The minimum absolute atomic E-state index is 0.492. The molecule has 1 heterocycles. The average Bonchev–Trinajstić information content (AvgIpc) is 2.99. The van der Waals surface area contributed by atoms with Gasteiger partial charge in [-0.05, 0) is 24.1 Å². The highest BCUT2D eigenvalue weighted by atomic mass is 16.8. The van der Waals surface area contributed by atoms with Gasteiger partial charge in [0.15, 0.2) is 23.9 Å². The number of para-hydroxylation sites is 1. The maximum atomic E-state index is 12.5. The summed E-state index contributed by atoms with van der Waals surface area (Å²) in [6.07, 6.45) is -5.40. The Kier molecular flexibility index (Phi) is 9.85. The number of aliphatic hydroxyl groups excluding tert-OH is 1. The summed E-state index contributed by atoms with van der Waals surface area (Å²) in [4.78, 5) is 37.0. The summed E-state index contributed by atoms with van der Waals surface area (Å²) in [5.74, 6) is -3.60. The van der Waals surface area contributed by atoms with Crippen molar-refractivity contribution in [3.8, 4) is 5.75 Å². The average molecular weight is 593 g/mol. The van der Waals surface area contributed by atoms with Gasteiger partial charge in [0.25, 0.3) is 0 Å². The first-order valence-electron chi connectivity index (χ1n) is 13.8. The summed E-state index contributed by atoms with van der Waals surface area (Å²) in [6, 6.07) is 26.0. The van der Waals surface area contributed by atoms with E-state index in [-0.39, 0.29) is 0 Å². The fourth-order valence-electron chi connectivity index (χ4n) is 5.58. The minimum atomic E-state index is -1.91. The first kappa shape index (κ1) is 31.7. The Morgan fingerprint density at radius 2 is 1.26 bits per heavy atom. The highest BCUT2D eigenvalue weighted by Crippen LogP contribution is 2.49. The summed E-state index contributed by atoms with van der Waals surface area (Å²) in [7, 11) is 1.54. The maximum absolute atomic E-state index is 12.5. The van der Waals surface area contributed by atoms with Crippen LogP contribution in [0.15, 0.2) is 84.9 Å². The van der Waals surface area contributed by atoms with Gasteiger partial charge < -0.3 is 33.5 Å². The van der Waals surface area contributed by atoms with Gasteiger partial charge in [-0.1, -0.05) is 78.9 Å². The Morgan fingerprint density at radius 1 is 0.767 bits per heavy atom. The molecule has 43 heavy (non-hydrogen) atoms. The number of aliphatic hydroxyl groups is 1. The second-order valence-electron chi connectivity index (χ2n) is 10.2. The number of methoxy groups -OCH3 is 1. The molecule has 1 fully saturated rings. The SMILES string of the molecule is COc1ccccc1C(O[C@@]1(C)O[C@H](CO)[C@@H](OC(C)=O)[C@H](OC(C)=O)[C@@H]1OC(C)=O)(c1ccccc1)c1ccccc1. The Labute approximate surface area is 250 Å². The number of benzene rings is 3. The standard InChI is InChI=1S/C33H36O10/c1-21(35)39-29-28(20-34)42-32(4,31(41-23(3)37)30(29)40-22(2)36)43-33(24-14-8-6-9-15-24,25-16-10-7-11-17-25)26-18-12-13-19-27(26)38-5/h6-19,28-31,34H,20H2,1-5H3/t28-,29-,30+,31+,32-/m1/s1. The van der Waals surface area contributed by atoms with Crippen LogP contribution in [0.3, 0.4) is 0 Å². The quantitative estimate of drug-likeness (QED) is 0.210. The van der Waals surface area contributed by atoms with E-state index in [1.165, 1.54) is 27.7 Å². The van der Waals surface area contributed by atoms with Crippen LogP contribution in [0.1, 0.15) is 44.4 Å². The van der Waals surface area contributed by atoms with Gasteiger partial charge >= 0.3 is 17.9 Å². The molecular formula is C33H36O10. The van der Waals surface area contributed by atoms with Crippen molar-refractivity contribution < 1.29 is 47.9 Å². The van der Waals surface area contributed by atoms with Crippen molar-refractivity contribution in [3.63, 3.8) is 0 Å². The van der Waals surface area contributed by atoms with Crippen LogP contribution in [0.5, 0.6) is 5.75 Å². The number of carbonyl (C=O) groups is 3. The van der Waals surface area contributed by atoms with E-state index in [2.05, 4.69) is 0 Å². The lowest BCUT2D eigenvalue weighted by Gasteiger charge is -2.52. The van der Waals surface area contributed by atoms with E-state index < -0.39 is 60.3 Å². The van der Waals surface area contributed by atoms with Crippen LogP contribution in [0, 0.1) is 0 Å². The molecule has 3 aromatic carbocycles. The third kappa shape index (κ3) is 6.56. The highest BCUT2D eigenvalue weighted by Gasteiger charge is 2.61. The lowest BCUT2D eigenvalue weighted by molar-refractivity contribution is -0.376. The number of rotatable bonds is 10. The molecule has 0 aromatic heterocycles. The van der Waals surface area contributed by atoms with E-state index >= 15 is 0 Å². The molecule has 10 nitrogen and oxygen atoms in total. The summed E-state index contributed by atoms with van der Waals surface area (Å²) in [5, 5.41) is 10.4. The van der Waals surface area contributed by atoms with Gasteiger partial charge in [0.05, 0.1) is 13.7 Å². The van der Waals surface area contributed by atoms with Crippen LogP contribution < -0.4 is 4.74 Å². The maximum Gasteiger partial charge on any atom is 0.303 e. The zero-order valence-electron chi connectivity index (χ0n) is 24.7. The normalized spacial score (nSPS) is 23.6. The second kappa shape index (κ2) is 13.4. The molecule has 10 heteroatoms. The van der Waals surface area contributed by atoms with E-state index in [1.54, 1.807) is 13.2 Å². The van der Waals surface area contributed by atoms with Crippen LogP contribution in [0.25, 0.3) is 0 Å². The molecule has 1 N–H and O–H groups in total. The predicted molar refractivity (Wildman–Crippen MR) is 154 cm³/mol. The van der Waals surface area contributed by atoms with E-state index in [0.29, 0.717) is 22.4 Å². The van der Waals surface area contributed by atoms with Crippen molar-refractivity contribution in [2.45, 2.75) is 63.5 Å². The van der Waals surface area contributed by atoms with Gasteiger partial charge in [0, 0.05) is 26.3 Å². The Balaban J connectivity index is 2.04. The van der Waals surface area contributed by atoms with Gasteiger partial charge in [-0.2, -0.15) is 0 Å². The highest BCUT2D eigenvalue weighted by molar-refractivity contribution is 5.68. The largest absolute Gasteiger partial charge is 0.496 e. The van der Waals surface area contributed by atoms with Crippen molar-refractivity contribution in [2.24, 2.45) is 0 Å². The Bertz CT molecular complexity index is 1370. The number of hydrogen-bond donors (Lipinski definition) is 1. The van der Waals surface area contributed by atoms with Crippen LogP contribution in [-0.4, -0.2) is 66.9 Å². The van der Waals surface area contributed by atoms with Crippen molar-refractivity contribution in [1.29, 1.82) is 0 Å². The van der Waals surface area contributed by atoms with Crippen molar-refractivity contribution in [1.82, 2.24) is 0 Å². The first-order valence-corrected chi connectivity index (χ1v) is 13.8. The molecule has 0 amide bonds. The Morgan fingerprint density at radius 3 is 1.74 bits per heavy atom. The van der Waals surface area contributed by atoms with E-state index in [1.807, 2.05) is 78.9 Å². The summed E-state index contributed by atoms with van der Waals surface area (Å²) in [5.41, 5.74) is 0.456. The molecule has 228 valence electrons. The van der Waals surface area contributed by atoms with Crippen molar-refractivity contribution >= 4 is 17.9 Å². The fraction of sp³-hybridized carbons (Fsp3) is 0.364. The van der Waals surface area contributed by atoms with Crippen molar-refractivity contribution in [2.75, 3.05) is 13.7 Å². The fourth-order valence-corrected chi connectivity index (χ4v) is 5.58. The number of esters is 3. The molecule has 0 aliphatic carbocycles. The molecule has 1 saturated heterocycles. The van der Waals surface area contributed by atoms with Crippen LogP contribution in [0.2, 0.25) is 0 Å². The third-order valence-electron chi connectivity index (χ3n) is 7.17. The Hall–Kier alpha value is -4.25. The predicted octanol–water partition coefficient (Wildman–Crippen LogP) is 3.91. The lowest BCUT2D eigenvalue weighted by Crippen LogP contribution is -2.69. The smallest absolute Gasteiger partial charge is 0.303 e. The second-order valence-corrected chi connectivity index (χ2v) is 10.2. The number of ether oxygens (including phenoxy) is 6. The van der Waals surface area contributed by atoms with Gasteiger partial charge in [0.1, 0.15) is 11.9 Å². The molecule has 1 aliphatic heterocycles. The molecule has 0 spiro atoms.